The summed E-state index contributed by atoms with van der Waals surface area (Å²) >= 11 is 0. The fraction of sp³-hybridized carbons (Fsp3) is 0.360. The first-order chi connectivity index (χ1) is 15.8. The maximum Gasteiger partial charge on any atom is 0.245 e. The highest BCUT2D eigenvalue weighted by Gasteiger charge is 2.31. The molecule has 1 atom stereocenters. The zero-order valence-electron chi connectivity index (χ0n) is 19.3. The highest BCUT2D eigenvalue weighted by atomic mass is 32.2. The fourth-order valence-corrected chi connectivity index (χ4v) is 5.78. The van der Waals surface area contributed by atoms with Crippen LogP contribution in [-0.4, -0.2) is 73.2 Å². The number of pyridine rings is 1. The van der Waals surface area contributed by atoms with Gasteiger partial charge >= 0.3 is 0 Å². The van der Waals surface area contributed by atoms with Crippen molar-refractivity contribution in [2.45, 2.75) is 24.8 Å². The van der Waals surface area contributed by atoms with Gasteiger partial charge in [0.05, 0.1) is 18.1 Å². The molecule has 2 heterocycles. The summed E-state index contributed by atoms with van der Waals surface area (Å²) in [7, 11) is -1.85. The number of rotatable bonds is 6. The van der Waals surface area contributed by atoms with Crippen molar-refractivity contribution in [3.05, 3.63) is 71.9 Å². The van der Waals surface area contributed by atoms with Gasteiger partial charge in [-0.15, -0.1) is 0 Å². The van der Waals surface area contributed by atoms with Crippen molar-refractivity contribution < 1.29 is 13.2 Å². The number of sulfonamides is 1. The second-order valence-corrected chi connectivity index (χ2v) is 10.5. The maximum absolute atomic E-state index is 13.4. The molecule has 33 heavy (non-hydrogen) atoms. The minimum Gasteiger partial charge on any atom is -0.338 e. The first kappa shape index (κ1) is 23.4. The predicted molar refractivity (Wildman–Crippen MR) is 129 cm³/mol. The molecule has 8 heteroatoms. The van der Waals surface area contributed by atoms with Gasteiger partial charge in [0.2, 0.25) is 15.9 Å². The van der Waals surface area contributed by atoms with Gasteiger partial charge in [-0.05, 0) is 37.1 Å². The molecule has 3 aromatic rings. The summed E-state index contributed by atoms with van der Waals surface area (Å²) in [6.07, 6.45) is 1.69. The van der Waals surface area contributed by atoms with Crippen molar-refractivity contribution in [3.8, 4) is 0 Å². The van der Waals surface area contributed by atoms with E-state index < -0.39 is 10.0 Å². The van der Waals surface area contributed by atoms with Gasteiger partial charge in [-0.2, -0.15) is 4.31 Å². The molecule has 7 nitrogen and oxygen atoms in total. The number of amides is 1. The van der Waals surface area contributed by atoms with Crippen LogP contribution in [0.1, 0.15) is 24.1 Å². The number of aryl methyl sites for hydroxylation is 1. The third-order valence-electron chi connectivity index (χ3n) is 6.37. The number of hydrogen-bond acceptors (Lipinski definition) is 5. The van der Waals surface area contributed by atoms with Crippen LogP contribution >= 0.6 is 0 Å². The zero-order chi connectivity index (χ0) is 23.6. The number of benzene rings is 2. The molecule has 1 amide bonds. The molecule has 1 fully saturated rings. The lowest BCUT2D eigenvalue weighted by molar-refractivity contribution is -0.133. The number of carbonyl (C=O) groups is 1. The Bertz CT molecular complexity index is 1240. The predicted octanol–water partition coefficient (Wildman–Crippen LogP) is 3.07. The average Bonchev–Trinajstić information content (AvgIpc) is 2.83. The Morgan fingerprint density at radius 3 is 2.45 bits per heavy atom. The van der Waals surface area contributed by atoms with Gasteiger partial charge in [0.1, 0.15) is 4.90 Å². The Morgan fingerprint density at radius 2 is 1.76 bits per heavy atom. The summed E-state index contributed by atoms with van der Waals surface area (Å²) in [5, 5.41) is 0.816. The van der Waals surface area contributed by atoms with Gasteiger partial charge in [0.15, 0.2) is 0 Å². The summed E-state index contributed by atoms with van der Waals surface area (Å²) < 4.78 is 28.2. The van der Waals surface area contributed by atoms with Gasteiger partial charge in [-0.1, -0.05) is 42.5 Å². The topological polar surface area (TPSA) is 73.8 Å². The molecule has 1 aromatic heterocycles. The van der Waals surface area contributed by atoms with E-state index in [0.717, 1.165) is 16.5 Å². The van der Waals surface area contributed by atoms with Gasteiger partial charge in [-0.25, -0.2) is 8.42 Å². The largest absolute Gasteiger partial charge is 0.338 e. The third kappa shape index (κ3) is 4.93. The number of aromatic nitrogens is 1. The summed E-state index contributed by atoms with van der Waals surface area (Å²) in [6, 6.07) is 17.1. The van der Waals surface area contributed by atoms with Crippen molar-refractivity contribution in [1.82, 2.24) is 19.1 Å². The molecule has 4 rings (SSSR count). The first-order valence-corrected chi connectivity index (χ1v) is 12.6. The van der Waals surface area contributed by atoms with E-state index >= 15 is 0 Å². The molecule has 1 unspecified atom stereocenters. The number of para-hydroxylation sites is 1. The van der Waals surface area contributed by atoms with Crippen molar-refractivity contribution in [2.75, 3.05) is 39.8 Å². The lowest BCUT2D eigenvalue weighted by atomic mass is 10.1. The van der Waals surface area contributed by atoms with Crippen molar-refractivity contribution in [2.24, 2.45) is 0 Å². The Balaban J connectivity index is 1.40. The second-order valence-electron chi connectivity index (χ2n) is 8.61. The number of nitrogens with zero attached hydrogens (tertiary/aromatic N) is 4. The lowest BCUT2D eigenvalue weighted by Crippen LogP contribution is -2.51. The molecule has 0 radical (unpaired) electrons. The minimum absolute atomic E-state index is 0.0243. The molecule has 0 saturated carbocycles. The van der Waals surface area contributed by atoms with Crippen LogP contribution in [0.4, 0.5) is 0 Å². The summed E-state index contributed by atoms with van der Waals surface area (Å²) in [5.41, 5.74) is 2.57. The van der Waals surface area contributed by atoms with E-state index in [1.165, 1.54) is 4.31 Å². The summed E-state index contributed by atoms with van der Waals surface area (Å²) in [5.74, 6) is 0.0243. The van der Waals surface area contributed by atoms with Crippen LogP contribution in [0.5, 0.6) is 0 Å². The Kier molecular flexibility index (Phi) is 6.78. The molecule has 1 aliphatic heterocycles. The molecule has 1 saturated heterocycles. The number of likely N-dealkylation sites (N-methyl/N-ethyl adjacent to an activating group) is 1. The van der Waals surface area contributed by atoms with Crippen LogP contribution in [0, 0.1) is 6.92 Å². The van der Waals surface area contributed by atoms with Crippen molar-refractivity contribution in [3.63, 3.8) is 0 Å². The number of hydrogen-bond donors (Lipinski definition) is 0. The SMILES string of the molecule is Cc1cnc2c(S(=O)(=O)N3CCN(CC(=O)N(C)C(C)c4ccccc4)CC3)cccc2c1. The molecule has 0 bridgehead atoms. The van der Waals surface area contributed by atoms with E-state index in [9.17, 15) is 13.2 Å². The van der Waals surface area contributed by atoms with E-state index in [2.05, 4.69) is 4.98 Å². The summed E-state index contributed by atoms with van der Waals surface area (Å²) in [6.45, 7) is 5.93. The summed E-state index contributed by atoms with van der Waals surface area (Å²) in [4.78, 5) is 21.2. The van der Waals surface area contributed by atoms with Crippen LogP contribution < -0.4 is 0 Å². The Hall–Kier alpha value is -2.81. The van der Waals surface area contributed by atoms with E-state index in [1.54, 1.807) is 23.2 Å². The van der Waals surface area contributed by atoms with Crippen LogP contribution in [0.3, 0.4) is 0 Å². The molecule has 2 aromatic carbocycles. The zero-order valence-corrected chi connectivity index (χ0v) is 20.1. The number of carbonyl (C=O) groups excluding carboxylic acids is 1. The van der Waals surface area contributed by atoms with Crippen LogP contribution in [0.15, 0.2) is 65.7 Å². The number of piperazine rings is 1. The molecule has 174 valence electrons. The monoisotopic (exact) mass is 466 g/mol. The lowest BCUT2D eigenvalue weighted by Gasteiger charge is -2.35. The van der Waals surface area contributed by atoms with E-state index in [-0.39, 0.29) is 23.4 Å². The van der Waals surface area contributed by atoms with Crippen LogP contribution in [-0.2, 0) is 14.8 Å². The number of fused-ring (bicyclic) bond motifs is 1. The Labute approximate surface area is 195 Å². The van der Waals surface area contributed by atoms with Gasteiger partial charge in [-0.3, -0.25) is 14.7 Å². The highest BCUT2D eigenvalue weighted by molar-refractivity contribution is 7.89. The van der Waals surface area contributed by atoms with Crippen molar-refractivity contribution in [1.29, 1.82) is 0 Å². The maximum atomic E-state index is 13.4. The minimum atomic E-state index is -3.67. The molecule has 0 aliphatic carbocycles. The quantitative estimate of drug-likeness (QED) is 0.558. The smallest absolute Gasteiger partial charge is 0.245 e. The van der Waals surface area contributed by atoms with E-state index in [1.807, 2.05) is 68.3 Å². The molecule has 0 N–H and O–H groups in total. The van der Waals surface area contributed by atoms with E-state index in [0.29, 0.717) is 31.7 Å². The van der Waals surface area contributed by atoms with Gasteiger partial charge in [0.25, 0.3) is 0 Å². The second kappa shape index (κ2) is 9.59. The van der Waals surface area contributed by atoms with Gasteiger partial charge < -0.3 is 4.90 Å². The van der Waals surface area contributed by atoms with Gasteiger partial charge in [0, 0.05) is 44.8 Å². The molecule has 0 spiro atoms. The standard InChI is InChI=1S/C25H30N4O3S/c1-19-16-22-10-7-11-23(25(22)26-17-19)33(31,32)29-14-12-28(13-15-29)18-24(30)27(3)20(2)21-8-5-4-6-9-21/h4-11,16-17,20H,12-15,18H2,1-3H3. The fourth-order valence-electron chi connectivity index (χ4n) is 4.19. The molecule has 1 aliphatic rings. The highest BCUT2D eigenvalue weighted by Crippen LogP contribution is 2.26. The van der Waals surface area contributed by atoms with Crippen LogP contribution in [0.25, 0.3) is 10.9 Å². The van der Waals surface area contributed by atoms with E-state index in [4.69, 9.17) is 0 Å². The first-order valence-electron chi connectivity index (χ1n) is 11.2. The normalized spacial score (nSPS) is 16.6. The molecular formula is C25H30N4O3S. The third-order valence-corrected chi connectivity index (χ3v) is 8.31. The molecular weight excluding hydrogens is 436 g/mol. The van der Waals surface area contributed by atoms with Crippen molar-refractivity contribution >= 4 is 26.8 Å². The van der Waals surface area contributed by atoms with Crippen LogP contribution in [0.2, 0.25) is 0 Å². The average molecular weight is 467 g/mol. The Morgan fingerprint density at radius 1 is 1.06 bits per heavy atom.